The van der Waals surface area contributed by atoms with Crippen LogP contribution in [-0.4, -0.2) is 18.1 Å². The van der Waals surface area contributed by atoms with Gasteiger partial charge in [-0.1, -0.05) is 18.2 Å². The Bertz CT molecular complexity index is 619. The van der Waals surface area contributed by atoms with Crippen LogP contribution in [0, 0.1) is 29.4 Å². The number of allylic oxidation sites excluding steroid dienone is 2. The highest BCUT2D eigenvalue weighted by molar-refractivity contribution is 8.16. The lowest BCUT2D eigenvalue weighted by Gasteiger charge is -2.37. The Morgan fingerprint density at radius 3 is 2.35 bits per heavy atom. The fourth-order valence-corrected chi connectivity index (χ4v) is 7.40. The van der Waals surface area contributed by atoms with Gasteiger partial charge in [-0.3, -0.25) is 0 Å². The van der Waals surface area contributed by atoms with E-state index < -0.39 is 11.6 Å². The van der Waals surface area contributed by atoms with Crippen molar-refractivity contribution in [3.63, 3.8) is 0 Å². The summed E-state index contributed by atoms with van der Waals surface area (Å²) < 4.78 is 33.7. The lowest BCUT2D eigenvalue weighted by atomic mass is 9.77. The van der Waals surface area contributed by atoms with Crippen LogP contribution in [0.25, 0.3) is 0 Å². The van der Waals surface area contributed by atoms with Gasteiger partial charge in [-0.25, -0.2) is 4.39 Å². The molecule has 3 rings (SSSR count). The van der Waals surface area contributed by atoms with E-state index in [0.717, 1.165) is 23.3 Å². The zero-order valence-corrected chi connectivity index (χ0v) is 17.2. The first-order valence-electron chi connectivity index (χ1n) is 9.60. The fraction of sp³-hybridized carbons (Fsp3) is 0.619. The predicted octanol–water partition coefficient (Wildman–Crippen LogP) is 6.84. The molecular formula is C21H28F2OS2. The van der Waals surface area contributed by atoms with Crippen LogP contribution in [0.2, 0.25) is 0 Å². The highest BCUT2D eigenvalue weighted by atomic mass is 32.2. The SMILES string of the molecule is CC=CC1CCC(C2CSC(c3ccc(OCC)c(F)c3F)SC2)CC1. The van der Waals surface area contributed by atoms with Crippen LogP contribution in [0.1, 0.15) is 49.7 Å². The van der Waals surface area contributed by atoms with Crippen molar-refractivity contribution in [1.82, 2.24) is 0 Å². The molecular weight excluding hydrogens is 370 g/mol. The first-order chi connectivity index (χ1) is 12.6. The Morgan fingerprint density at radius 2 is 1.73 bits per heavy atom. The minimum Gasteiger partial charge on any atom is -0.491 e. The number of rotatable bonds is 5. The Morgan fingerprint density at radius 1 is 1.04 bits per heavy atom. The summed E-state index contributed by atoms with van der Waals surface area (Å²) in [5.74, 6) is 2.75. The third-order valence-corrected chi connectivity index (χ3v) is 8.67. The molecule has 0 radical (unpaired) electrons. The van der Waals surface area contributed by atoms with Crippen molar-refractivity contribution in [2.75, 3.05) is 18.1 Å². The molecule has 1 nitrogen and oxygen atoms in total. The molecule has 0 unspecified atom stereocenters. The molecule has 1 aliphatic carbocycles. The quantitative estimate of drug-likeness (QED) is 0.503. The zero-order chi connectivity index (χ0) is 18.5. The molecule has 0 amide bonds. The normalized spacial score (nSPS) is 29.8. The lowest BCUT2D eigenvalue weighted by Crippen LogP contribution is -2.27. The van der Waals surface area contributed by atoms with E-state index in [-0.39, 0.29) is 10.3 Å². The van der Waals surface area contributed by atoms with Crippen molar-refractivity contribution in [1.29, 1.82) is 0 Å². The van der Waals surface area contributed by atoms with E-state index >= 15 is 0 Å². The molecule has 2 aliphatic rings. The molecule has 144 valence electrons. The van der Waals surface area contributed by atoms with Gasteiger partial charge < -0.3 is 4.74 Å². The van der Waals surface area contributed by atoms with E-state index in [0.29, 0.717) is 18.1 Å². The summed E-state index contributed by atoms with van der Waals surface area (Å²) in [7, 11) is 0. The standard InChI is InChI=1S/C21H28F2OS2/c1-3-5-14-6-8-15(9-7-14)16-12-25-21(26-13-16)17-10-11-18(24-4-2)20(23)19(17)22/h3,5,10-11,14-16,21H,4,6-9,12-13H2,1-2H3. The highest BCUT2D eigenvalue weighted by Crippen LogP contribution is 2.50. The number of hydrogen-bond acceptors (Lipinski definition) is 3. The molecule has 5 heteroatoms. The fourth-order valence-electron chi connectivity index (χ4n) is 4.05. The molecule has 0 bridgehead atoms. The van der Waals surface area contributed by atoms with Crippen LogP contribution in [0.5, 0.6) is 5.75 Å². The molecule has 1 heterocycles. The lowest BCUT2D eigenvalue weighted by molar-refractivity contribution is 0.253. The second-order valence-corrected chi connectivity index (χ2v) is 9.75. The van der Waals surface area contributed by atoms with Crippen LogP contribution in [0.4, 0.5) is 8.78 Å². The third-order valence-electron chi connectivity index (χ3n) is 5.50. The number of hydrogen-bond donors (Lipinski definition) is 0. The molecule has 1 aromatic rings. The van der Waals surface area contributed by atoms with E-state index in [2.05, 4.69) is 19.1 Å². The van der Waals surface area contributed by atoms with Crippen LogP contribution >= 0.6 is 23.5 Å². The summed E-state index contributed by atoms with van der Waals surface area (Å²) in [6.07, 6.45) is 9.72. The van der Waals surface area contributed by atoms with E-state index in [4.69, 9.17) is 4.74 Å². The largest absolute Gasteiger partial charge is 0.491 e. The number of thioether (sulfide) groups is 2. The van der Waals surface area contributed by atoms with Crippen molar-refractivity contribution in [3.05, 3.63) is 41.5 Å². The first-order valence-corrected chi connectivity index (χ1v) is 11.7. The Balaban J connectivity index is 1.57. The molecule has 0 spiro atoms. The van der Waals surface area contributed by atoms with Gasteiger partial charge in [0.15, 0.2) is 11.6 Å². The van der Waals surface area contributed by atoms with Crippen LogP contribution < -0.4 is 4.74 Å². The van der Waals surface area contributed by atoms with E-state index in [1.807, 2.05) is 0 Å². The van der Waals surface area contributed by atoms with Gasteiger partial charge in [0, 0.05) is 5.56 Å². The van der Waals surface area contributed by atoms with Crippen LogP contribution in [0.3, 0.4) is 0 Å². The zero-order valence-electron chi connectivity index (χ0n) is 15.5. The number of halogens is 2. The van der Waals surface area contributed by atoms with Gasteiger partial charge >= 0.3 is 0 Å². The summed E-state index contributed by atoms with van der Waals surface area (Å²) in [4.78, 5) is 0. The molecule has 2 fully saturated rings. The third kappa shape index (κ3) is 4.59. The summed E-state index contributed by atoms with van der Waals surface area (Å²) in [5.41, 5.74) is 0.469. The van der Waals surface area contributed by atoms with Crippen LogP contribution in [-0.2, 0) is 0 Å². The molecule has 0 N–H and O–H groups in total. The maximum atomic E-state index is 14.4. The van der Waals surface area contributed by atoms with Gasteiger partial charge in [0.2, 0.25) is 5.82 Å². The summed E-state index contributed by atoms with van der Waals surface area (Å²) >= 11 is 3.55. The van der Waals surface area contributed by atoms with E-state index in [1.165, 1.54) is 25.7 Å². The smallest absolute Gasteiger partial charge is 0.200 e. The van der Waals surface area contributed by atoms with Gasteiger partial charge in [0.05, 0.1) is 11.2 Å². The molecule has 0 aromatic heterocycles. The average molecular weight is 399 g/mol. The van der Waals surface area contributed by atoms with Crippen molar-refractivity contribution in [2.45, 2.75) is 44.1 Å². The topological polar surface area (TPSA) is 9.23 Å². The highest BCUT2D eigenvalue weighted by Gasteiger charge is 2.33. The van der Waals surface area contributed by atoms with Gasteiger partial charge in [-0.2, -0.15) is 4.39 Å². The molecule has 1 aromatic carbocycles. The number of ether oxygens (including phenoxy) is 1. The minimum absolute atomic E-state index is 0.00956. The van der Waals surface area contributed by atoms with Gasteiger partial charge in [0.1, 0.15) is 0 Å². The van der Waals surface area contributed by atoms with Crippen molar-refractivity contribution >= 4 is 23.5 Å². The number of benzene rings is 1. The average Bonchev–Trinajstić information content (AvgIpc) is 2.67. The van der Waals surface area contributed by atoms with Gasteiger partial charge in [-0.15, -0.1) is 23.5 Å². The Hall–Kier alpha value is -0.680. The van der Waals surface area contributed by atoms with Crippen molar-refractivity contribution < 1.29 is 13.5 Å². The van der Waals surface area contributed by atoms with Gasteiger partial charge in [0.25, 0.3) is 0 Å². The van der Waals surface area contributed by atoms with E-state index in [9.17, 15) is 8.78 Å². The molecule has 26 heavy (non-hydrogen) atoms. The molecule has 1 saturated carbocycles. The Labute approximate surface area is 164 Å². The van der Waals surface area contributed by atoms with Crippen molar-refractivity contribution in [3.8, 4) is 5.75 Å². The monoisotopic (exact) mass is 398 g/mol. The maximum absolute atomic E-state index is 14.4. The summed E-state index contributed by atoms with van der Waals surface area (Å²) in [6, 6.07) is 3.25. The summed E-state index contributed by atoms with van der Waals surface area (Å²) in [5, 5.41) is 0. The Kier molecular flexibility index (Phi) is 7.33. The molecule has 1 saturated heterocycles. The summed E-state index contributed by atoms with van der Waals surface area (Å²) in [6.45, 7) is 4.20. The van der Waals surface area contributed by atoms with Crippen molar-refractivity contribution in [2.24, 2.45) is 17.8 Å². The molecule has 0 atom stereocenters. The predicted molar refractivity (Wildman–Crippen MR) is 109 cm³/mol. The minimum atomic E-state index is -0.852. The van der Waals surface area contributed by atoms with E-state index in [1.54, 1.807) is 42.6 Å². The second-order valence-electron chi connectivity index (χ2n) is 7.17. The second kappa shape index (κ2) is 9.50. The first kappa shape index (κ1) is 20.1. The maximum Gasteiger partial charge on any atom is 0.200 e. The van der Waals surface area contributed by atoms with Gasteiger partial charge in [-0.05, 0) is 74.9 Å². The van der Waals surface area contributed by atoms with Crippen LogP contribution in [0.15, 0.2) is 24.3 Å². The molecule has 1 aliphatic heterocycles.